The van der Waals surface area contributed by atoms with Crippen LogP contribution in [-0.2, 0) is 0 Å². The molecule has 10 heavy (non-hydrogen) atoms. The first-order valence-electron chi connectivity index (χ1n) is 2.76. The smallest absolute Gasteiger partial charge is 0.276 e. The minimum Gasteiger partial charge on any atom is -0.363 e. The molecule has 6 heteroatoms. The number of rotatable bonds is 4. The summed E-state index contributed by atoms with van der Waals surface area (Å²) in [4.78, 5) is 0. The van der Waals surface area contributed by atoms with E-state index in [1.165, 1.54) is 0 Å². The quantitative estimate of drug-likeness (QED) is 0.232. The molecule has 0 unspecified atom stereocenters. The molecule has 0 spiro atoms. The lowest BCUT2D eigenvalue weighted by Crippen LogP contribution is -2.55. The monoisotopic (exact) mass is 152 g/mol. The standard InChI is InChI=1S/C4H12N2O4/c5-1-2-6-4(9,10)3(7)8/h3,6-10H,1-2,5H2. The number of nitrogens with one attached hydrogen (secondary N) is 1. The average Bonchev–Trinajstić information content (AvgIpc) is 1.84. The van der Waals surface area contributed by atoms with Crippen molar-refractivity contribution in [2.45, 2.75) is 12.2 Å². The van der Waals surface area contributed by atoms with Crippen LogP contribution in [0.1, 0.15) is 0 Å². The molecule has 0 aliphatic carbocycles. The number of aliphatic hydroxyl groups is 4. The molecule has 0 saturated heterocycles. The lowest BCUT2D eigenvalue weighted by Gasteiger charge is -2.23. The summed E-state index contributed by atoms with van der Waals surface area (Å²) < 4.78 is 0. The highest BCUT2D eigenvalue weighted by atomic mass is 16.6. The fourth-order valence-electron chi connectivity index (χ4n) is 0.347. The van der Waals surface area contributed by atoms with E-state index in [2.05, 4.69) is 0 Å². The summed E-state index contributed by atoms with van der Waals surface area (Å²) in [7, 11) is 0. The number of nitrogens with two attached hydrogens (primary N) is 1. The average molecular weight is 152 g/mol. The Bertz CT molecular complexity index is 95.3. The Morgan fingerprint density at radius 1 is 1.40 bits per heavy atom. The van der Waals surface area contributed by atoms with Gasteiger partial charge in [0.25, 0.3) is 5.91 Å². The van der Waals surface area contributed by atoms with Crippen molar-refractivity contribution in [1.82, 2.24) is 5.32 Å². The van der Waals surface area contributed by atoms with Crippen molar-refractivity contribution in [3.8, 4) is 0 Å². The summed E-state index contributed by atoms with van der Waals surface area (Å²) in [5.41, 5.74) is 4.99. The van der Waals surface area contributed by atoms with Crippen LogP contribution < -0.4 is 11.1 Å². The van der Waals surface area contributed by atoms with Gasteiger partial charge in [0.1, 0.15) is 0 Å². The molecule has 0 fully saturated rings. The fraction of sp³-hybridized carbons (Fsp3) is 1.00. The summed E-state index contributed by atoms with van der Waals surface area (Å²) in [5, 5.41) is 35.7. The highest BCUT2D eigenvalue weighted by Gasteiger charge is 2.30. The first-order valence-corrected chi connectivity index (χ1v) is 2.76. The van der Waals surface area contributed by atoms with Gasteiger partial charge < -0.3 is 26.2 Å². The Balaban J connectivity index is 3.63. The summed E-state index contributed by atoms with van der Waals surface area (Å²) in [6.07, 6.45) is -2.24. The second-order valence-corrected chi connectivity index (χ2v) is 1.82. The van der Waals surface area contributed by atoms with E-state index in [0.29, 0.717) is 0 Å². The fourth-order valence-corrected chi connectivity index (χ4v) is 0.347. The maximum Gasteiger partial charge on any atom is 0.276 e. The molecule has 0 aromatic rings. The summed E-state index contributed by atoms with van der Waals surface area (Å²) in [6, 6.07) is 0. The third-order valence-electron chi connectivity index (χ3n) is 0.890. The third-order valence-corrected chi connectivity index (χ3v) is 0.890. The molecule has 0 aromatic carbocycles. The molecule has 7 N–H and O–H groups in total. The van der Waals surface area contributed by atoms with E-state index in [0.717, 1.165) is 0 Å². The molecular formula is C4H12N2O4. The second-order valence-electron chi connectivity index (χ2n) is 1.82. The van der Waals surface area contributed by atoms with Crippen molar-refractivity contribution >= 4 is 0 Å². The van der Waals surface area contributed by atoms with Crippen LogP contribution in [0.25, 0.3) is 0 Å². The summed E-state index contributed by atoms with van der Waals surface area (Å²) in [5.74, 6) is -2.67. The Morgan fingerprint density at radius 2 is 1.90 bits per heavy atom. The predicted molar refractivity (Wildman–Crippen MR) is 32.5 cm³/mol. The van der Waals surface area contributed by atoms with Gasteiger partial charge in [-0.25, -0.2) is 0 Å². The van der Waals surface area contributed by atoms with E-state index in [1.807, 2.05) is 5.32 Å². The minimum atomic E-state index is -2.67. The minimum absolute atomic E-state index is 0.0879. The molecule has 0 rings (SSSR count). The van der Waals surface area contributed by atoms with Crippen LogP contribution in [0.5, 0.6) is 0 Å². The molecule has 0 radical (unpaired) electrons. The van der Waals surface area contributed by atoms with Gasteiger partial charge in [0.15, 0.2) is 0 Å². The largest absolute Gasteiger partial charge is 0.363 e. The molecule has 0 atom stereocenters. The summed E-state index contributed by atoms with van der Waals surface area (Å²) in [6.45, 7) is 0.264. The summed E-state index contributed by atoms with van der Waals surface area (Å²) >= 11 is 0. The Morgan fingerprint density at radius 3 is 2.20 bits per heavy atom. The van der Waals surface area contributed by atoms with Crippen LogP contribution in [-0.4, -0.2) is 45.7 Å². The van der Waals surface area contributed by atoms with Crippen LogP contribution >= 0.6 is 0 Å². The first-order chi connectivity index (χ1) is 4.50. The van der Waals surface area contributed by atoms with E-state index in [9.17, 15) is 0 Å². The van der Waals surface area contributed by atoms with Crippen molar-refractivity contribution < 1.29 is 20.4 Å². The normalized spacial score (nSPS) is 12.6. The van der Waals surface area contributed by atoms with Gasteiger partial charge in [-0.2, -0.15) is 0 Å². The Kier molecular flexibility index (Phi) is 3.72. The predicted octanol–water partition coefficient (Wildman–Crippen LogP) is -3.52. The van der Waals surface area contributed by atoms with E-state index < -0.39 is 12.2 Å². The van der Waals surface area contributed by atoms with Crippen molar-refractivity contribution in [3.05, 3.63) is 0 Å². The number of hydrogen-bond donors (Lipinski definition) is 6. The van der Waals surface area contributed by atoms with Crippen molar-refractivity contribution in [2.24, 2.45) is 5.73 Å². The molecule has 0 aliphatic rings. The van der Waals surface area contributed by atoms with Crippen LogP contribution in [0.2, 0.25) is 0 Å². The first kappa shape index (κ1) is 9.76. The van der Waals surface area contributed by atoms with Crippen LogP contribution in [0.4, 0.5) is 0 Å². The zero-order valence-electron chi connectivity index (χ0n) is 5.36. The highest BCUT2D eigenvalue weighted by molar-refractivity contribution is 4.62. The lowest BCUT2D eigenvalue weighted by atomic mass is 10.4. The SMILES string of the molecule is NCCNC(O)(O)C(O)O. The van der Waals surface area contributed by atoms with E-state index in [1.54, 1.807) is 0 Å². The van der Waals surface area contributed by atoms with Crippen LogP contribution in [0, 0.1) is 0 Å². The van der Waals surface area contributed by atoms with Gasteiger partial charge in [-0.3, -0.25) is 5.32 Å². The van der Waals surface area contributed by atoms with Gasteiger partial charge in [-0.05, 0) is 0 Å². The molecule has 0 bridgehead atoms. The van der Waals surface area contributed by atoms with Crippen molar-refractivity contribution in [1.29, 1.82) is 0 Å². The molecule has 0 heterocycles. The third kappa shape index (κ3) is 3.06. The number of hydrogen-bond acceptors (Lipinski definition) is 6. The van der Waals surface area contributed by atoms with E-state index >= 15 is 0 Å². The van der Waals surface area contributed by atoms with E-state index in [4.69, 9.17) is 26.2 Å². The molecule has 6 nitrogen and oxygen atoms in total. The van der Waals surface area contributed by atoms with Gasteiger partial charge >= 0.3 is 0 Å². The zero-order valence-corrected chi connectivity index (χ0v) is 5.36. The van der Waals surface area contributed by atoms with Gasteiger partial charge in [-0.1, -0.05) is 0 Å². The van der Waals surface area contributed by atoms with Crippen molar-refractivity contribution in [3.63, 3.8) is 0 Å². The maximum absolute atomic E-state index is 8.61. The van der Waals surface area contributed by atoms with Crippen LogP contribution in [0.3, 0.4) is 0 Å². The molecule has 0 aromatic heterocycles. The maximum atomic E-state index is 8.61. The van der Waals surface area contributed by atoms with Gasteiger partial charge in [0.2, 0.25) is 6.29 Å². The molecule has 0 aliphatic heterocycles. The van der Waals surface area contributed by atoms with Gasteiger partial charge in [-0.15, -0.1) is 0 Å². The molecule has 0 saturated carbocycles. The Hall–Kier alpha value is -0.240. The second kappa shape index (κ2) is 3.81. The van der Waals surface area contributed by atoms with Crippen molar-refractivity contribution in [2.75, 3.05) is 13.1 Å². The molecule has 62 valence electrons. The van der Waals surface area contributed by atoms with Gasteiger partial charge in [0.05, 0.1) is 0 Å². The topological polar surface area (TPSA) is 119 Å². The molecular weight excluding hydrogens is 140 g/mol. The zero-order chi connectivity index (χ0) is 8.20. The van der Waals surface area contributed by atoms with Gasteiger partial charge in [0, 0.05) is 13.1 Å². The lowest BCUT2D eigenvalue weighted by molar-refractivity contribution is -0.304. The van der Waals surface area contributed by atoms with E-state index in [-0.39, 0.29) is 13.1 Å². The Labute approximate surface area is 57.9 Å². The number of aliphatic hydroxyl groups excluding tert-OH is 1. The molecule has 0 amide bonds. The van der Waals surface area contributed by atoms with Crippen LogP contribution in [0.15, 0.2) is 0 Å². The highest BCUT2D eigenvalue weighted by Crippen LogP contribution is 1.96.